The van der Waals surface area contributed by atoms with Gasteiger partial charge < -0.3 is 15.4 Å². The Morgan fingerprint density at radius 2 is 2.00 bits per heavy atom. The molecule has 0 bridgehead atoms. The Bertz CT molecular complexity index is 659. The van der Waals surface area contributed by atoms with Crippen LogP contribution in [0, 0.1) is 11.8 Å². The van der Waals surface area contributed by atoms with Crippen LogP contribution in [0.2, 0.25) is 0 Å². The number of nitrogens with zero attached hydrogens (tertiary/aromatic N) is 2. The third-order valence-corrected chi connectivity index (χ3v) is 5.23. The number of nitrogens with two attached hydrogens (primary N) is 1. The first-order valence-electron chi connectivity index (χ1n) is 7.56. The molecule has 6 nitrogen and oxygen atoms in total. The van der Waals surface area contributed by atoms with Crippen LogP contribution in [0.25, 0.3) is 0 Å². The van der Waals surface area contributed by atoms with Crippen LogP contribution in [0.4, 0.5) is 4.79 Å². The van der Waals surface area contributed by atoms with E-state index in [1.54, 1.807) is 17.2 Å². The van der Waals surface area contributed by atoms with E-state index >= 15 is 0 Å². The molecule has 0 spiro atoms. The molecular weight excluding hydrogens is 362 g/mol. The molecule has 0 aromatic carbocycles. The number of carbonyl (C=O) groups is 2. The zero-order chi connectivity index (χ0) is 17.0. The summed E-state index contributed by atoms with van der Waals surface area (Å²) in [6.45, 7) is 6.43. The van der Waals surface area contributed by atoms with Crippen LogP contribution in [-0.4, -0.2) is 40.6 Å². The zero-order valence-corrected chi connectivity index (χ0v) is 15.0. The van der Waals surface area contributed by atoms with Gasteiger partial charge in [-0.3, -0.25) is 9.78 Å². The van der Waals surface area contributed by atoms with Gasteiger partial charge in [0, 0.05) is 35.6 Å². The fourth-order valence-electron chi connectivity index (χ4n) is 3.63. The monoisotopic (exact) mass is 381 g/mol. The largest absolute Gasteiger partial charge is 0.444 e. The minimum Gasteiger partial charge on any atom is -0.444 e. The van der Waals surface area contributed by atoms with E-state index in [4.69, 9.17) is 10.5 Å². The molecule has 2 amide bonds. The van der Waals surface area contributed by atoms with E-state index in [0.717, 1.165) is 4.47 Å². The number of primary amides is 1. The summed E-state index contributed by atoms with van der Waals surface area (Å²) >= 11 is 3.46. The van der Waals surface area contributed by atoms with Crippen molar-refractivity contribution in [3.05, 3.63) is 28.5 Å². The first-order valence-corrected chi connectivity index (χ1v) is 8.36. The fraction of sp³-hybridized carbons (Fsp3) is 0.562. The molecule has 3 rings (SSSR count). The molecule has 1 saturated heterocycles. The normalized spacial score (nSPS) is 29.1. The first kappa shape index (κ1) is 16.2. The maximum absolute atomic E-state index is 12.2. The highest BCUT2D eigenvalue weighted by molar-refractivity contribution is 9.10. The van der Waals surface area contributed by atoms with E-state index in [1.165, 1.54) is 0 Å². The van der Waals surface area contributed by atoms with Gasteiger partial charge in [0.1, 0.15) is 11.0 Å². The minimum absolute atomic E-state index is 0.00119. The van der Waals surface area contributed by atoms with Crippen molar-refractivity contribution in [3.63, 3.8) is 0 Å². The van der Waals surface area contributed by atoms with Crippen LogP contribution < -0.4 is 5.73 Å². The number of ether oxygens (including phenoxy) is 1. The van der Waals surface area contributed by atoms with Gasteiger partial charge in [0.05, 0.1) is 5.69 Å². The summed E-state index contributed by atoms with van der Waals surface area (Å²) in [5.74, 6) is -0.381. The summed E-state index contributed by atoms with van der Waals surface area (Å²) in [5, 5.41) is 0. The van der Waals surface area contributed by atoms with Crippen molar-refractivity contribution in [1.82, 2.24) is 9.88 Å². The van der Waals surface area contributed by atoms with Crippen LogP contribution in [0.15, 0.2) is 22.8 Å². The fourth-order valence-corrected chi connectivity index (χ4v) is 4.21. The highest BCUT2D eigenvalue weighted by atomic mass is 79.9. The Morgan fingerprint density at radius 1 is 1.39 bits per heavy atom. The van der Waals surface area contributed by atoms with E-state index in [2.05, 4.69) is 20.9 Å². The lowest BCUT2D eigenvalue weighted by molar-refractivity contribution is -0.121. The number of carbonyl (C=O) groups excluding carboxylic acids is 2. The lowest BCUT2D eigenvalue weighted by Gasteiger charge is -2.28. The van der Waals surface area contributed by atoms with E-state index in [1.807, 2.05) is 26.8 Å². The van der Waals surface area contributed by atoms with Gasteiger partial charge in [-0.1, -0.05) is 0 Å². The SMILES string of the molecule is CC(C)(C)OC(=O)N1CC2[C@H](C1)C2(C(N)=O)c1ncccc1Br. The molecule has 23 heavy (non-hydrogen) atoms. The summed E-state index contributed by atoms with van der Waals surface area (Å²) in [4.78, 5) is 30.4. The van der Waals surface area contributed by atoms with Gasteiger partial charge in [-0.25, -0.2) is 4.79 Å². The van der Waals surface area contributed by atoms with Crippen molar-refractivity contribution in [2.75, 3.05) is 13.1 Å². The van der Waals surface area contributed by atoms with Gasteiger partial charge in [-0.05, 0) is 48.8 Å². The van der Waals surface area contributed by atoms with Gasteiger partial charge in [-0.2, -0.15) is 0 Å². The summed E-state index contributed by atoms with van der Waals surface area (Å²) in [7, 11) is 0. The van der Waals surface area contributed by atoms with Crippen molar-refractivity contribution >= 4 is 27.9 Å². The molecule has 2 aliphatic rings. The number of hydrogen-bond acceptors (Lipinski definition) is 4. The molecule has 2 fully saturated rings. The molecule has 2 heterocycles. The predicted molar refractivity (Wildman–Crippen MR) is 87.6 cm³/mol. The number of pyridine rings is 1. The van der Waals surface area contributed by atoms with E-state index in [-0.39, 0.29) is 23.8 Å². The molecule has 124 valence electrons. The van der Waals surface area contributed by atoms with Crippen molar-refractivity contribution in [2.45, 2.75) is 31.8 Å². The maximum atomic E-state index is 12.2. The number of aromatic nitrogens is 1. The molecule has 1 saturated carbocycles. The van der Waals surface area contributed by atoms with Crippen LogP contribution in [0.3, 0.4) is 0 Å². The molecule has 3 atom stereocenters. The second-order valence-electron chi connectivity index (χ2n) is 7.17. The number of fused-ring (bicyclic) bond motifs is 1. The Morgan fingerprint density at radius 3 is 2.48 bits per heavy atom. The number of rotatable bonds is 2. The summed E-state index contributed by atoms with van der Waals surface area (Å²) in [6, 6.07) is 3.65. The Balaban J connectivity index is 1.80. The minimum atomic E-state index is -0.779. The average molecular weight is 382 g/mol. The van der Waals surface area contributed by atoms with Gasteiger partial charge in [-0.15, -0.1) is 0 Å². The molecule has 1 aromatic rings. The molecule has 0 radical (unpaired) electrons. The molecule has 1 aliphatic carbocycles. The Hall–Kier alpha value is -1.63. The maximum Gasteiger partial charge on any atom is 0.410 e. The van der Waals surface area contributed by atoms with Crippen LogP contribution in [0.5, 0.6) is 0 Å². The molecule has 1 aliphatic heterocycles. The van der Waals surface area contributed by atoms with Crippen molar-refractivity contribution < 1.29 is 14.3 Å². The number of hydrogen-bond donors (Lipinski definition) is 1. The average Bonchev–Trinajstić information content (AvgIpc) is 2.84. The van der Waals surface area contributed by atoms with Gasteiger partial charge in [0.15, 0.2) is 0 Å². The lowest BCUT2D eigenvalue weighted by atomic mass is 9.94. The summed E-state index contributed by atoms with van der Waals surface area (Å²) in [6.07, 6.45) is 1.31. The van der Waals surface area contributed by atoms with E-state index in [0.29, 0.717) is 18.8 Å². The van der Waals surface area contributed by atoms with Crippen LogP contribution in [0.1, 0.15) is 26.5 Å². The molecule has 7 heteroatoms. The molecular formula is C16H20BrN3O3. The molecule has 2 unspecified atom stereocenters. The smallest absolute Gasteiger partial charge is 0.410 e. The second-order valence-corrected chi connectivity index (χ2v) is 8.02. The molecule has 1 aromatic heterocycles. The third-order valence-electron chi connectivity index (χ3n) is 4.59. The van der Waals surface area contributed by atoms with Gasteiger partial charge in [0.2, 0.25) is 5.91 Å². The van der Waals surface area contributed by atoms with Crippen molar-refractivity contribution in [1.29, 1.82) is 0 Å². The van der Waals surface area contributed by atoms with Crippen LogP contribution in [-0.2, 0) is 14.9 Å². The van der Waals surface area contributed by atoms with Gasteiger partial charge in [0.25, 0.3) is 0 Å². The lowest BCUT2D eigenvalue weighted by Crippen LogP contribution is -2.43. The van der Waals surface area contributed by atoms with Crippen molar-refractivity contribution in [2.24, 2.45) is 17.6 Å². The van der Waals surface area contributed by atoms with Gasteiger partial charge >= 0.3 is 6.09 Å². The van der Waals surface area contributed by atoms with Crippen molar-refractivity contribution in [3.8, 4) is 0 Å². The topological polar surface area (TPSA) is 85.5 Å². The first-order chi connectivity index (χ1) is 10.7. The number of halogens is 1. The number of amides is 2. The van der Waals surface area contributed by atoms with E-state index in [9.17, 15) is 9.59 Å². The molecule has 2 N–H and O–H groups in total. The van der Waals surface area contributed by atoms with Crippen LogP contribution >= 0.6 is 15.9 Å². The Kier molecular flexibility index (Phi) is 3.66. The highest BCUT2D eigenvalue weighted by Crippen LogP contribution is 2.64. The quantitative estimate of drug-likeness (QED) is 0.849. The zero-order valence-electron chi connectivity index (χ0n) is 13.4. The summed E-state index contributed by atoms with van der Waals surface area (Å²) in [5.41, 5.74) is 5.07. The highest BCUT2D eigenvalue weighted by Gasteiger charge is 2.74. The third kappa shape index (κ3) is 2.51. The number of piperidine rings is 1. The standard InChI is InChI=1S/C16H20BrN3O3/c1-15(2,3)23-14(22)20-7-9-10(8-20)16(9,13(18)21)12-11(17)5-4-6-19-12/h4-6,9-10H,7-8H2,1-3H3,(H2,18,21)/t9-,10?,16?/m0/s1. The van der Waals surface area contributed by atoms with E-state index < -0.39 is 11.0 Å². The number of likely N-dealkylation sites (tertiary alicyclic amines) is 1. The summed E-state index contributed by atoms with van der Waals surface area (Å²) < 4.78 is 6.17. The Labute approximate surface area is 143 Å². The predicted octanol–water partition coefficient (Wildman–Crippen LogP) is 2.06. The second kappa shape index (κ2) is 5.19.